The van der Waals surface area contributed by atoms with Crippen molar-refractivity contribution in [3.05, 3.63) is 59.7 Å². The first kappa shape index (κ1) is 15.7. The van der Waals surface area contributed by atoms with Crippen molar-refractivity contribution in [2.75, 3.05) is 11.9 Å². The van der Waals surface area contributed by atoms with E-state index in [0.29, 0.717) is 24.4 Å². The third kappa shape index (κ3) is 3.60. The first-order valence-electron chi connectivity index (χ1n) is 7.60. The van der Waals surface area contributed by atoms with Gasteiger partial charge in [0, 0.05) is 17.7 Å². The number of amides is 2. The zero-order valence-corrected chi connectivity index (χ0v) is 13.2. The molecule has 24 heavy (non-hydrogen) atoms. The topological polar surface area (TPSA) is 79.8 Å². The Morgan fingerprint density at radius 2 is 1.79 bits per heavy atom. The van der Waals surface area contributed by atoms with E-state index in [9.17, 15) is 9.59 Å². The number of carbonyl (C=O) groups excluding carboxylic acids is 2. The summed E-state index contributed by atoms with van der Waals surface area (Å²) in [5.41, 5.74) is 5.45. The first-order chi connectivity index (χ1) is 11.6. The third-order valence-corrected chi connectivity index (χ3v) is 3.60. The van der Waals surface area contributed by atoms with Crippen molar-refractivity contribution >= 4 is 23.2 Å². The van der Waals surface area contributed by atoms with Crippen LogP contribution < -0.4 is 15.5 Å². The highest BCUT2D eigenvalue weighted by molar-refractivity contribution is 6.39. The van der Waals surface area contributed by atoms with Crippen LogP contribution in [0.1, 0.15) is 17.5 Å². The fourth-order valence-corrected chi connectivity index (χ4v) is 2.33. The van der Waals surface area contributed by atoms with Gasteiger partial charge in [0.2, 0.25) is 0 Å². The number of hydrogen-bond acceptors (Lipinski definition) is 4. The number of nitrogens with zero attached hydrogens (tertiary/aromatic N) is 1. The van der Waals surface area contributed by atoms with Gasteiger partial charge < -0.3 is 10.1 Å². The standard InChI is InChI=1S/C18H17N3O3/c1-12-6-8-13(9-7-12)19-17(22)18(23)21-20-15-10-11-24-16-5-3-2-4-14(15)16/h2-9H,10-11H2,1H3,(H,19,22)(H,21,23)/b20-15-. The van der Waals surface area contributed by atoms with Crippen LogP contribution in [0.25, 0.3) is 0 Å². The van der Waals surface area contributed by atoms with E-state index < -0.39 is 11.8 Å². The summed E-state index contributed by atoms with van der Waals surface area (Å²) in [5.74, 6) is -0.851. The molecule has 122 valence electrons. The van der Waals surface area contributed by atoms with Crippen LogP contribution >= 0.6 is 0 Å². The number of anilines is 1. The van der Waals surface area contributed by atoms with Crippen molar-refractivity contribution in [1.29, 1.82) is 0 Å². The fraction of sp³-hybridized carbons (Fsp3) is 0.167. The minimum Gasteiger partial charge on any atom is -0.492 e. The van der Waals surface area contributed by atoms with Crippen LogP contribution in [0, 0.1) is 6.92 Å². The van der Waals surface area contributed by atoms with Gasteiger partial charge >= 0.3 is 11.8 Å². The number of benzene rings is 2. The molecule has 0 aliphatic carbocycles. The van der Waals surface area contributed by atoms with Crippen LogP contribution in [-0.2, 0) is 9.59 Å². The van der Waals surface area contributed by atoms with Crippen LogP contribution in [-0.4, -0.2) is 24.1 Å². The van der Waals surface area contributed by atoms with Crippen molar-refractivity contribution in [3.63, 3.8) is 0 Å². The van der Waals surface area contributed by atoms with Gasteiger partial charge in [-0.05, 0) is 31.2 Å². The monoisotopic (exact) mass is 323 g/mol. The zero-order valence-electron chi connectivity index (χ0n) is 13.2. The Balaban J connectivity index is 1.65. The Labute approximate surface area is 139 Å². The van der Waals surface area contributed by atoms with Crippen LogP contribution in [0.5, 0.6) is 5.75 Å². The second kappa shape index (κ2) is 6.95. The summed E-state index contributed by atoms with van der Waals surface area (Å²) in [6, 6.07) is 14.6. The molecule has 6 heteroatoms. The van der Waals surface area contributed by atoms with E-state index in [1.54, 1.807) is 12.1 Å². The molecule has 2 aromatic carbocycles. The van der Waals surface area contributed by atoms with E-state index in [1.807, 2.05) is 43.3 Å². The molecule has 1 heterocycles. The molecule has 3 rings (SSSR count). The Morgan fingerprint density at radius 3 is 2.58 bits per heavy atom. The molecular formula is C18H17N3O3. The van der Waals surface area contributed by atoms with Gasteiger partial charge in [0.15, 0.2) is 0 Å². The molecule has 2 N–H and O–H groups in total. The van der Waals surface area contributed by atoms with Gasteiger partial charge in [0.1, 0.15) is 5.75 Å². The van der Waals surface area contributed by atoms with Crippen LogP contribution in [0.4, 0.5) is 5.69 Å². The maximum absolute atomic E-state index is 11.9. The Morgan fingerprint density at radius 1 is 1.04 bits per heavy atom. The molecule has 6 nitrogen and oxygen atoms in total. The lowest BCUT2D eigenvalue weighted by Crippen LogP contribution is -2.33. The quantitative estimate of drug-likeness (QED) is 0.657. The summed E-state index contributed by atoms with van der Waals surface area (Å²) in [7, 11) is 0. The molecular weight excluding hydrogens is 306 g/mol. The molecule has 0 saturated carbocycles. The lowest BCUT2D eigenvalue weighted by molar-refractivity contribution is -0.136. The predicted octanol–water partition coefficient (Wildman–Crippen LogP) is 2.24. The number of rotatable bonds is 2. The minimum atomic E-state index is -0.813. The van der Waals surface area contributed by atoms with Crippen molar-refractivity contribution in [1.82, 2.24) is 5.43 Å². The van der Waals surface area contributed by atoms with Gasteiger partial charge in [0.05, 0.1) is 12.3 Å². The highest BCUT2D eigenvalue weighted by Crippen LogP contribution is 2.24. The van der Waals surface area contributed by atoms with E-state index in [2.05, 4.69) is 15.8 Å². The summed E-state index contributed by atoms with van der Waals surface area (Å²) in [6.07, 6.45) is 0.566. The lowest BCUT2D eigenvalue weighted by Gasteiger charge is -2.18. The molecule has 0 bridgehead atoms. The minimum absolute atomic E-state index is 0.487. The SMILES string of the molecule is Cc1ccc(NC(=O)C(=O)N/N=C2/CCOc3ccccc32)cc1. The Hall–Kier alpha value is -3.15. The molecule has 0 atom stereocenters. The smallest absolute Gasteiger partial charge is 0.329 e. The summed E-state index contributed by atoms with van der Waals surface area (Å²) in [6.45, 7) is 2.43. The van der Waals surface area contributed by atoms with E-state index in [0.717, 1.165) is 16.9 Å². The fourth-order valence-electron chi connectivity index (χ4n) is 2.33. The number of hydrazone groups is 1. The number of hydrogen-bond donors (Lipinski definition) is 2. The van der Waals surface area contributed by atoms with Gasteiger partial charge in [0.25, 0.3) is 0 Å². The number of para-hydroxylation sites is 1. The van der Waals surface area contributed by atoms with Gasteiger partial charge in [-0.15, -0.1) is 0 Å². The van der Waals surface area contributed by atoms with Crippen molar-refractivity contribution in [2.24, 2.45) is 5.10 Å². The zero-order chi connectivity index (χ0) is 16.9. The number of aryl methyl sites for hydroxylation is 1. The Kier molecular flexibility index (Phi) is 4.56. The van der Waals surface area contributed by atoms with Gasteiger partial charge in [-0.1, -0.05) is 29.8 Å². The predicted molar refractivity (Wildman–Crippen MR) is 91.0 cm³/mol. The summed E-state index contributed by atoms with van der Waals surface area (Å²) in [4.78, 5) is 23.8. The van der Waals surface area contributed by atoms with Crippen molar-refractivity contribution in [2.45, 2.75) is 13.3 Å². The van der Waals surface area contributed by atoms with E-state index >= 15 is 0 Å². The van der Waals surface area contributed by atoms with Crippen LogP contribution in [0.3, 0.4) is 0 Å². The average Bonchev–Trinajstić information content (AvgIpc) is 2.61. The van der Waals surface area contributed by atoms with Gasteiger partial charge in [-0.25, -0.2) is 5.43 Å². The molecule has 0 radical (unpaired) electrons. The molecule has 0 saturated heterocycles. The summed E-state index contributed by atoms with van der Waals surface area (Å²) in [5, 5.41) is 6.61. The second-order valence-corrected chi connectivity index (χ2v) is 5.41. The number of ether oxygens (including phenoxy) is 1. The first-order valence-corrected chi connectivity index (χ1v) is 7.60. The molecule has 2 aromatic rings. The maximum Gasteiger partial charge on any atom is 0.329 e. The third-order valence-electron chi connectivity index (χ3n) is 3.60. The Bertz CT molecular complexity index is 797. The molecule has 0 fully saturated rings. The van der Waals surface area contributed by atoms with Crippen molar-refractivity contribution < 1.29 is 14.3 Å². The molecule has 1 aliphatic heterocycles. The second-order valence-electron chi connectivity index (χ2n) is 5.41. The number of nitrogens with one attached hydrogen (secondary N) is 2. The molecule has 1 aliphatic rings. The highest BCUT2D eigenvalue weighted by atomic mass is 16.5. The molecule has 0 aromatic heterocycles. The lowest BCUT2D eigenvalue weighted by atomic mass is 10.0. The van der Waals surface area contributed by atoms with Gasteiger partial charge in [-0.2, -0.15) is 5.10 Å². The van der Waals surface area contributed by atoms with Crippen molar-refractivity contribution in [3.8, 4) is 5.75 Å². The molecule has 0 spiro atoms. The molecule has 2 amide bonds. The van der Waals surface area contributed by atoms with E-state index in [1.165, 1.54) is 0 Å². The molecule has 0 unspecified atom stereocenters. The van der Waals surface area contributed by atoms with Crippen LogP contribution in [0.15, 0.2) is 53.6 Å². The normalized spacial score (nSPS) is 14.5. The average molecular weight is 323 g/mol. The highest BCUT2D eigenvalue weighted by Gasteiger charge is 2.18. The van der Waals surface area contributed by atoms with Gasteiger partial charge in [-0.3, -0.25) is 9.59 Å². The van der Waals surface area contributed by atoms with Crippen LogP contribution in [0.2, 0.25) is 0 Å². The largest absolute Gasteiger partial charge is 0.492 e. The summed E-state index contributed by atoms with van der Waals surface area (Å²) < 4.78 is 5.52. The number of fused-ring (bicyclic) bond motifs is 1. The van der Waals surface area contributed by atoms with E-state index in [4.69, 9.17) is 4.74 Å². The van der Waals surface area contributed by atoms with E-state index in [-0.39, 0.29) is 0 Å². The summed E-state index contributed by atoms with van der Waals surface area (Å²) >= 11 is 0. The number of carbonyl (C=O) groups is 2. The maximum atomic E-state index is 11.9.